The largest absolute Gasteiger partial charge is 0.314 e. The summed E-state index contributed by atoms with van der Waals surface area (Å²) in [6.45, 7) is 6.95. The number of thioether (sulfide) groups is 1. The Hall–Kier alpha value is 0.270. The monoisotopic (exact) mass is 272 g/mol. The van der Waals surface area contributed by atoms with Gasteiger partial charge in [0.05, 0.1) is 0 Å². The molecule has 3 heteroatoms. The summed E-state index contributed by atoms with van der Waals surface area (Å²) in [4.78, 5) is 2.61. The summed E-state index contributed by atoms with van der Waals surface area (Å²) in [5.74, 6) is 2.13. The van der Waals surface area contributed by atoms with E-state index in [1.165, 1.54) is 44.4 Å². The van der Waals surface area contributed by atoms with Crippen LogP contribution in [0.3, 0.4) is 0 Å². The van der Waals surface area contributed by atoms with Gasteiger partial charge < -0.3 is 10.2 Å². The lowest BCUT2D eigenvalue weighted by atomic mass is 9.84. The summed E-state index contributed by atoms with van der Waals surface area (Å²) in [7, 11) is 2.32. The molecule has 0 bridgehead atoms. The normalized spacial score (nSPS) is 26.5. The topological polar surface area (TPSA) is 15.3 Å². The van der Waals surface area contributed by atoms with Gasteiger partial charge in [-0.1, -0.05) is 26.7 Å². The highest BCUT2D eigenvalue weighted by atomic mass is 32.2. The van der Waals surface area contributed by atoms with E-state index in [0.29, 0.717) is 0 Å². The van der Waals surface area contributed by atoms with Gasteiger partial charge in [0.2, 0.25) is 0 Å². The van der Waals surface area contributed by atoms with Gasteiger partial charge in [0, 0.05) is 24.4 Å². The summed E-state index contributed by atoms with van der Waals surface area (Å²) in [6, 6.07) is 1.52. The zero-order valence-electron chi connectivity index (χ0n) is 12.7. The predicted molar refractivity (Wildman–Crippen MR) is 84.5 cm³/mol. The van der Waals surface area contributed by atoms with E-state index in [9.17, 15) is 0 Å². The molecule has 1 aliphatic carbocycles. The van der Waals surface area contributed by atoms with Crippen molar-refractivity contribution in [1.82, 2.24) is 10.2 Å². The van der Waals surface area contributed by atoms with Crippen LogP contribution in [0.2, 0.25) is 0 Å². The Bertz CT molecular complexity index is 209. The first-order valence-corrected chi connectivity index (χ1v) is 9.04. The van der Waals surface area contributed by atoms with Crippen molar-refractivity contribution in [2.24, 2.45) is 5.92 Å². The number of nitrogens with one attached hydrogen (secondary N) is 1. The molecule has 1 fully saturated rings. The lowest BCUT2D eigenvalue weighted by Crippen LogP contribution is -2.46. The Morgan fingerprint density at radius 1 is 1.28 bits per heavy atom. The van der Waals surface area contributed by atoms with Crippen molar-refractivity contribution in [3.63, 3.8) is 0 Å². The highest BCUT2D eigenvalue weighted by molar-refractivity contribution is 7.98. The van der Waals surface area contributed by atoms with Crippen LogP contribution in [0, 0.1) is 5.92 Å². The van der Waals surface area contributed by atoms with E-state index in [2.05, 4.69) is 37.4 Å². The summed E-state index contributed by atoms with van der Waals surface area (Å²) in [5, 5.41) is 3.70. The van der Waals surface area contributed by atoms with E-state index in [1.807, 2.05) is 11.8 Å². The molecule has 0 heterocycles. The van der Waals surface area contributed by atoms with Crippen LogP contribution in [0.15, 0.2) is 0 Å². The second kappa shape index (κ2) is 9.22. The van der Waals surface area contributed by atoms with Crippen LogP contribution in [0.25, 0.3) is 0 Å². The fourth-order valence-corrected chi connectivity index (χ4v) is 4.10. The third-order valence-electron chi connectivity index (χ3n) is 4.35. The molecule has 1 N–H and O–H groups in total. The maximum absolute atomic E-state index is 3.70. The van der Waals surface area contributed by atoms with Crippen molar-refractivity contribution in [2.75, 3.05) is 32.1 Å². The van der Waals surface area contributed by atoms with E-state index in [1.54, 1.807) is 0 Å². The molecule has 0 radical (unpaired) electrons. The lowest BCUT2D eigenvalue weighted by Gasteiger charge is -2.37. The van der Waals surface area contributed by atoms with Gasteiger partial charge in [-0.25, -0.2) is 0 Å². The molecule has 1 rings (SSSR count). The van der Waals surface area contributed by atoms with E-state index < -0.39 is 0 Å². The standard InChI is InChI=1S/C15H32N2S/c1-5-14(12-18-4)17(3)11-13-9-7-8-10-15(13)16-6-2/h13-16H,5-12H2,1-4H3. The molecule has 1 saturated carbocycles. The molecule has 0 saturated heterocycles. The fourth-order valence-electron chi connectivity index (χ4n) is 3.23. The average molecular weight is 273 g/mol. The average Bonchev–Trinajstić information content (AvgIpc) is 2.38. The van der Waals surface area contributed by atoms with Crippen molar-refractivity contribution in [2.45, 2.75) is 58.0 Å². The van der Waals surface area contributed by atoms with Crippen LogP contribution >= 0.6 is 11.8 Å². The third-order valence-corrected chi connectivity index (χ3v) is 5.07. The molecular weight excluding hydrogens is 240 g/mol. The van der Waals surface area contributed by atoms with Crippen molar-refractivity contribution in [3.05, 3.63) is 0 Å². The first-order chi connectivity index (χ1) is 8.72. The van der Waals surface area contributed by atoms with Crippen LogP contribution < -0.4 is 5.32 Å². The molecule has 18 heavy (non-hydrogen) atoms. The SMILES string of the molecule is CCNC1CCCCC1CN(C)C(CC)CSC. The van der Waals surface area contributed by atoms with Gasteiger partial charge in [0.15, 0.2) is 0 Å². The second-order valence-corrected chi connectivity index (χ2v) is 6.58. The zero-order valence-corrected chi connectivity index (χ0v) is 13.6. The Morgan fingerprint density at radius 3 is 2.61 bits per heavy atom. The van der Waals surface area contributed by atoms with Crippen molar-refractivity contribution in [1.29, 1.82) is 0 Å². The minimum atomic E-state index is 0.754. The summed E-state index contributed by atoms with van der Waals surface area (Å²) >= 11 is 1.98. The number of hydrogen-bond donors (Lipinski definition) is 1. The number of rotatable bonds is 8. The first-order valence-electron chi connectivity index (χ1n) is 7.65. The molecule has 3 unspecified atom stereocenters. The van der Waals surface area contributed by atoms with E-state index >= 15 is 0 Å². The smallest absolute Gasteiger partial charge is 0.0180 e. The molecule has 0 aromatic heterocycles. The zero-order chi connectivity index (χ0) is 13.4. The third kappa shape index (κ3) is 5.10. The molecule has 1 aliphatic rings. The molecule has 0 aromatic carbocycles. The Kier molecular flexibility index (Phi) is 8.36. The molecule has 0 aromatic rings. The van der Waals surface area contributed by atoms with Gasteiger partial charge in [-0.2, -0.15) is 11.8 Å². The van der Waals surface area contributed by atoms with E-state index in [0.717, 1.165) is 24.5 Å². The van der Waals surface area contributed by atoms with Crippen LogP contribution in [-0.2, 0) is 0 Å². The summed E-state index contributed by atoms with van der Waals surface area (Å²) < 4.78 is 0. The van der Waals surface area contributed by atoms with Gasteiger partial charge in [0.1, 0.15) is 0 Å². The fraction of sp³-hybridized carbons (Fsp3) is 1.00. The maximum atomic E-state index is 3.70. The quantitative estimate of drug-likeness (QED) is 0.730. The van der Waals surface area contributed by atoms with Crippen LogP contribution in [0.1, 0.15) is 46.0 Å². The van der Waals surface area contributed by atoms with Gasteiger partial charge in [-0.3, -0.25) is 0 Å². The summed E-state index contributed by atoms with van der Waals surface area (Å²) in [5.41, 5.74) is 0. The minimum absolute atomic E-state index is 0.754. The van der Waals surface area contributed by atoms with Gasteiger partial charge >= 0.3 is 0 Å². The Labute approximate surface area is 118 Å². The van der Waals surface area contributed by atoms with Crippen molar-refractivity contribution >= 4 is 11.8 Å². The predicted octanol–water partition coefficient (Wildman–Crippen LogP) is 3.23. The molecule has 0 amide bonds. The number of hydrogen-bond acceptors (Lipinski definition) is 3. The Morgan fingerprint density at radius 2 is 2.00 bits per heavy atom. The van der Waals surface area contributed by atoms with Crippen LogP contribution in [0.5, 0.6) is 0 Å². The first kappa shape index (κ1) is 16.3. The lowest BCUT2D eigenvalue weighted by molar-refractivity contribution is 0.161. The molecule has 3 atom stereocenters. The van der Waals surface area contributed by atoms with E-state index in [4.69, 9.17) is 0 Å². The maximum Gasteiger partial charge on any atom is 0.0180 e. The van der Waals surface area contributed by atoms with Gasteiger partial charge in [0.25, 0.3) is 0 Å². The minimum Gasteiger partial charge on any atom is -0.314 e. The molecule has 108 valence electrons. The van der Waals surface area contributed by atoms with Gasteiger partial charge in [-0.05, 0) is 45.0 Å². The Balaban J connectivity index is 2.46. The van der Waals surface area contributed by atoms with Crippen molar-refractivity contribution in [3.8, 4) is 0 Å². The highest BCUT2D eigenvalue weighted by Gasteiger charge is 2.26. The van der Waals surface area contributed by atoms with E-state index in [-0.39, 0.29) is 0 Å². The second-order valence-electron chi connectivity index (χ2n) is 5.67. The molecule has 0 aliphatic heterocycles. The highest BCUT2D eigenvalue weighted by Crippen LogP contribution is 2.26. The van der Waals surface area contributed by atoms with Crippen molar-refractivity contribution < 1.29 is 0 Å². The number of nitrogens with zero attached hydrogens (tertiary/aromatic N) is 1. The van der Waals surface area contributed by atoms with Crippen LogP contribution in [-0.4, -0.2) is 49.1 Å². The van der Waals surface area contributed by atoms with Gasteiger partial charge in [-0.15, -0.1) is 0 Å². The molecular formula is C15H32N2S. The summed E-state index contributed by atoms with van der Waals surface area (Å²) in [6.07, 6.45) is 9.14. The molecule has 0 spiro atoms. The van der Waals surface area contributed by atoms with Crippen LogP contribution in [0.4, 0.5) is 0 Å². The molecule has 2 nitrogen and oxygen atoms in total.